The molecule has 0 bridgehead atoms. The second-order valence-corrected chi connectivity index (χ2v) is 4.61. The molecule has 1 heterocycles. The molecule has 12 heavy (non-hydrogen) atoms. The molecule has 0 aliphatic rings. The molecule has 1 N–H and O–H groups in total. The number of fused-ring (bicyclic) bond motifs is 1. The van der Waals surface area contributed by atoms with Crippen molar-refractivity contribution in [1.82, 2.24) is 10.2 Å². The highest BCUT2D eigenvalue weighted by atomic mass is 127. The van der Waals surface area contributed by atoms with E-state index < -0.39 is 0 Å². The smallest absolute Gasteiger partial charge is 0.105 e. The lowest BCUT2D eigenvalue weighted by atomic mass is 10.2. The molecule has 62 valence electrons. The van der Waals surface area contributed by atoms with Gasteiger partial charge in [0.2, 0.25) is 0 Å². The summed E-state index contributed by atoms with van der Waals surface area (Å²) in [7, 11) is 0. The first kappa shape index (κ1) is 8.50. The van der Waals surface area contributed by atoms with Crippen LogP contribution in [0.15, 0.2) is 16.6 Å². The first-order valence-corrected chi connectivity index (χ1v) is 5.35. The normalized spacial score (nSPS) is 10.9. The topological polar surface area (TPSA) is 28.7 Å². The predicted octanol–water partition coefficient (Wildman–Crippen LogP) is 3.24. The Morgan fingerprint density at radius 2 is 2.25 bits per heavy atom. The second kappa shape index (κ2) is 2.99. The van der Waals surface area contributed by atoms with Crippen LogP contribution in [0.25, 0.3) is 10.9 Å². The van der Waals surface area contributed by atoms with Crippen molar-refractivity contribution in [2.75, 3.05) is 0 Å². The van der Waals surface area contributed by atoms with Crippen LogP contribution >= 0.6 is 38.5 Å². The number of halogens is 2. The minimum Gasteiger partial charge on any atom is -0.271 e. The molecule has 0 saturated heterocycles. The number of H-pyrrole nitrogens is 1. The highest BCUT2D eigenvalue weighted by Gasteiger charge is 2.06. The molecule has 2 aromatic rings. The molecule has 0 unspecified atom stereocenters. The molecule has 0 aliphatic carbocycles. The van der Waals surface area contributed by atoms with Gasteiger partial charge in [0, 0.05) is 9.86 Å². The van der Waals surface area contributed by atoms with E-state index in [4.69, 9.17) is 0 Å². The average Bonchev–Trinajstić information content (AvgIpc) is 2.31. The minimum atomic E-state index is 1.02. The number of nitrogens with zero attached hydrogens (tertiary/aromatic N) is 1. The fourth-order valence-electron chi connectivity index (χ4n) is 1.19. The monoisotopic (exact) mass is 336 g/mol. The van der Waals surface area contributed by atoms with Crippen LogP contribution in [0, 0.1) is 10.6 Å². The molecule has 0 radical (unpaired) electrons. The van der Waals surface area contributed by atoms with Gasteiger partial charge in [0.05, 0.1) is 5.52 Å². The van der Waals surface area contributed by atoms with E-state index in [1.54, 1.807) is 0 Å². The van der Waals surface area contributed by atoms with E-state index in [2.05, 4.69) is 67.8 Å². The van der Waals surface area contributed by atoms with Gasteiger partial charge in [-0.2, -0.15) is 5.10 Å². The van der Waals surface area contributed by atoms with Crippen LogP contribution in [-0.4, -0.2) is 10.2 Å². The number of aromatic nitrogens is 2. The van der Waals surface area contributed by atoms with Gasteiger partial charge in [-0.25, -0.2) is 0 Å². The van der Waals surface area contributed by atoms with Gasteiger partial charge in [-0.15, -0.1) is 0 Å². The Labute approximate surface area is 92.0 Å². The van der Waals surface area contributed by atoms with Crippen LogP contribution < -0.4 is 0 Å². The molecule has 1 aromatic heterocycles. The number of hydrogen-bond donors (Lipinski definition) is 1. The molecular formula is C8H6BrIN2. The summed E-state index contributed by atoms with van der Waals surface area (Å²) in [6, 6.07) is 4.17. The predicted molar refractivity (Wildman–Crippen MR) is 61.2 cm³/mol. The summed E-state index contributed by atoms with van der Waals surface area (Å²) in [5, 5.41) is 8.30. The van der Waals surface area contributed by atoms with E-state index in [0.717, 1.165) is 13.7 Å². The van der Waals surface area contributed by atoms with Gasteiger partial charge in [0.25, 0.3) is 0 Å². The summed E-state index contributed by atoms with van der Waals surface area (Å²) in [6.45, 7) is 2.06. The summed E-state index contributed by atoms with van der Waals surface area (Å²) >= 11 is 5.76. The summed E-state index contributed by atoms with van der Waals surface area (Å²) in [6.07, 6.45) is 0. The van der Waals surface area contributed by atoms with E-state index in [9.17, 15) is 0 Å². The number of rotatable bonds is 0. The zero-order valence-corrected chi connectivity index (χ0v) is 10.1. The van der Waals surface area contributed by atoms with Crippen LogP contribution in [0.3, 0.4) is 0 Å². The Kier molecular flexibility index (Phi) is 2.12. The number of hydrogen-bond acceptors (Lipinski definition) is 1. The molecule has 4 heteroatoms. The first-order valence-electron chi connectivity index (χ1n) is 3.48. The third-order valence-corrected chi connectivity index (χ3v) is 3.11. The zero-order valence-electron chi connectivity index (χ0n) is 6.36. The fourth-order valence-corrected chi connectivity index (χ4v) is 3.02. The minimum absolute atomic E-state index is 1.02. The molecule has 0 aliphatic heterocycles. The third kappa shape index (κ3) is 1.26. The molecular weight excluding hydrogens is 331 g/mol. The molecule has 0 fully saturated rings. The average molecular weight is 337 g/mol. The highest BCUT2D eigenvalue weighted by molar-refractivity contribution is 14.1. The van der Waals surface area contributed by atoms with Crippen LogP contribution in [0.4, 0.5) is 0 Å². The van der Waals surface area contributed by atoms with Crippen molar-refractivity contribution >= 4 is 49.4 Å². The van der Waals surface area contributed by atoms with Gasteiger partial charge in [-0.05, 0) is 63.1 Å². The summed E-state index contributed by atoms with van der Waals surface area (Å²) in [4.78, 5) is 0. The Balaban J connectivity index is 2.93. The molecule has 0 amide bonds. The number of aryl methyl sites for hydroxylation is 1. The first-order chi connectivity index (χ1) is 5.68. The SMILES string of the molecule is Cc1cc(Br)c2c(I)[nH]nc2c1. The van der Waals surface area contributed by atoms with Gasteiger partial charge in [-0.3, -0.25) is 5.10 Å². The van der Waals surface area contributed by atoms with Crippen molar-refractivity contribution in [1.29, 1.82) is 0 Å². The van der Waals surface area contributed by atoms with E-state index in [-0.39, 0.29) is 0 Å². The maximum Gasteiger partial charge on any atom is 0.105 e. The maximum absolute atomic E-state index is 4.18. The molecule has 2 rings (SSSR count). The van der Waals surface area contributed by atoms with Gasteiger partial charge in [0.1, 0.15) is 3.70 Å². The van der Waals surface area contributed by atoms with Gasteiger partial charge < -0.3 is 0 Å². The summed E-state index contributed by atoms with van der Waals surface area (Å²) < 4.78 is 2.19. The standard InChI is InChI=1S/C8H6BrIN2/c1-4-2-5(9)7-6(3-4)11-12-8(7)10/h2-3H,1H3,(H,11,12). The molecule has 1 aromatic carbocycles. The van der Waals surface area contributed by atoms with Crippen LogP contribution in [0.2, 0.25) is 0 Å². The van der Waals surface area contributed by atoms with E-state index >= 15 is 0 Å². The maximum atomic E-state index is 4.18. The van der Waals surface area contributed by atoms with Gasteiger partial charge >= 0.3 is 0 Å². The molecule has 0 saturated carbocycles. The summed E-state index contributed by atoms with van der Waals surface area (Å²) in [5.41, 5.74) is 2.24. The lowest BCUT2D eigenvalue weighted by molar-refractivity contribution is 1.09. The lowest BCUT2D eigenvalue weighted by Crippen LogP contribution is -1.75. The number of benzene rings is 1. The largest absolute Gasteiger partial charge is 0.271 e. The molecule has 0 spiro atoms. The van der Waals surface area contributed by atoms with E-state index in [1.807, 2.05) is 0 Å². The lowest BCUT2D eigenvalue weighted by Gasteiger charge is -1.95. The Morgan fingerprint density at radius 3 is 3.00 bits per heavy atom. The quantitative estimate of drug-likeness (QED) is 0.735. The van der Waals surface area contributed by atoms with Crippen molar-refractivity contribution in [3.05, 3.63) is 25.9 Å². The van der Waals surface area contributed by atoms with Gasteiger partial charge in [-0.1, -0.05) is 0 Å². The highest BCUT2D eigenvalue weighted by Crippen LogP contribution is 2.27. The molecule has 0 atom stereocenters. The molecule has 2 nitrogen and oxygen atoms in total. The van der Waals surface area contributed by atoms with Crippen molar-refractivity contribution in [2.24, 2.45) is 0 Å². The Bertz CT molecular complexity index is 436. The second-order valence-electron chi connectivity index (χ2n) is 2.68. The number of aromatic amines is 1. The van der Waals surface area contributed by atoms with E-state index in [0.29, 0.717) is 0 Å². The summed E-state index contributed by atoms with van der Waals surface area (Å²) in [5.74, 6) is 0. The van der Waals surface area contributed by atoms with Crippen LogP contribution in [0.5, 0.6) is 0 Å². The van der Waals surface area contributed by atoms with Crippen LogP contribution in [0.1, 0.15) is 5.56 Å². The fraction of sp³-hybridized carbons (Fsp3) is 0.125. The zero-order chi connectivity index (χ0) is 8.72. The van der Waals surface area contributed by atoms with Gasteiger partial charge in [0.15, 0.2) is 0 Å². The van der Waals surface area contributed by atoms with E-state index in [1.165, 1.54) is 10.9 Å². The Morgan fingerprint density at radius 1 is 1.50 bits per heavy atom. The Hall–Kier alpha value is -0.100. The van der Waals surface area contributed by atoms with Crippen molar-refractivity contribution < 1.29 is 0 Å². The van der Waals surface area contributed by atoms with Crippen molar-refractivity contribution in [2.45, 2.75) is 6.92 Å². The van der Waals surface area contributed by atoms with Crippen LogP contribution in [-0.2, 0) is 0 Å². The number of nitrogens with one attached hydrogen (secondary N) is 1. The third-order valence-electron chi connectivity index (χ3n) is 1.71. The van der Waals surface area contributed by atoms with Crippen molar-refractivity contribution in [3.63, 3.8) is 0 Å². The van der Waals surface area contributed by atoms with Crippen molar-refractivity contribution in [3.8, 4) is 0 Å².